The fourth-order valence-electron chi connectivity index (χ4n) is 4.05. The Morgan fingerprint density at radius 2 is 1.90 bits per heavy atom. The van der Waals surface area contributed by atoms with Crippen molar-refractivity contribution in [2.24, 2.45) is 14.1 Å². The molecule has 4 rings (SSSR count). The highest BCUT2D eigenvalue weighted by atomic mass is 16.5. The highest BCUT2D eigenvalue weighted by Gasteiger charge is 2.24. The van der Waals surface area contributed by atoms with Crippen LogP contribution in [0.25, 0.3) is 11.2 Å². The maximum absolute atomic E-state index is 12.9. The minimum Gasteiger partial charge on any atom is -0.378 e. The molecule has 0 unspecified atom stereocenters. The van der Waals surface area contributed by atoms with Gasteiger partial charge in [0.25, 0.3) is 5.56 Å². The number of anilines is 1. The summed E-state index contributed by atoms with van der Waals surface area (Å²) in [5.41, 5.74) is 0.226. The van der Waals surface area contributed by atoms with Gasteiger partial charge in [0.2, 0.25) is 11.8 Å². The Balaban J connectivity index is 1.70. The molecule has 0 radical (unpaired) electrons. The van der Waals surface area contributed by atoms with Crippen molar-refractivity contribution in [1.29, 1.82) is 0 Å². The maximum Gasteiger partial charge on any atom is 0.332 e. The van der Waals surface area contributed by atoms with Crippen LogP contribution in [-0.4, -0.2) is 63.9 Å². The second-order valence-corrected chi connectivity index (χ2v) is 7.68. The summed E-state index contributed by atoms with van der Waals surface area (Å²) in [6.07, 6.45) is 4.65. The molecule has 0 bridgehead atoms. The summed E-state index contributed by atoms with van der Waals surface area (Å²) in [5, 5.41) is 3.49. The third-order valence-corrected chi connectivity index (χ3v) is 5.74. The Hall–Kier alpha value is -2.62. The number of hydrogen-bond acceptors (Lipinski definition) is 6. The number of hydrogen-bond donors (Lipinski definition) is 2. The van der Waals surface area contributed by atoms with Gasteiger partial charge in [0.05, 0.1) is 26.3 Å². The molecule has 0 aromatic carbocycles. The van der Waals surface area contributed by atoms with Crippen molar-refractivity contribution in [1.82, 2.24) is 24.0 Å². The minimum absolute atomic E-state index is 0.310. The zero-order valence-electron chi connectivity index (χ0n) is 17.2. The van der Waals surface area contributed by atoms with E-state index < -0.39 is 0 Å². The summed E-state index contributed by atoms with van der Waals surface area (Å²) in [4.78, 5) is 35.6. The van der Waals surface area contributed by atoms with E-state index in [0.717, 1.165) is 23.5 Å². The molecule has 2 aromatic heterocycles. The van der Waals surface area contributed by atoms with E-state index in [1.807, 2.05) is 4.57 Å². The van der Waals surface area contributed by atoms with Crippen molar-refractivity contribution >= 4 is 22.9 Å². The van der Waals surface area contributed by atoms with E-state index in [-0.39, 0.29) is 11.2 Å². The number of nitrogens with zero attached hydrogens (tertiary/aromatic N) is 5. The molecular weight excluding hydrogens is 374 g/mol. The van der Waals surface area contributed by atoms with Crippen molar-refractivity contribution in [2.75, 3.05) is 44.3 Å². The van der Waals surface area contributed by atoms with Gasteiger partial charge in [0.15, 0.2) is 11.2 Å². The first-order chi connectivity index (χ1) is 14.1. The maximum atomic E-state index is 12.9. The molecule has 2 N–H and O–H groups in total. The van der Waals surface area contributed by atoms with Gasteiger partial charge in [-0.1, -0.05) is 0 Å². The van der Waals surface area contributed by atoms with Crippen molar-refractivity contribution in [3.63, 3.8) is 0 Å². The molecular formula is C19H30N7O3+. The summed E-state index contributed by atoms with van der Waals surface area (Å²) < 4.78 is 10.0. The normalized spacial score (nSPS) is 18.0. The number of amidine groups is 1. The smallest absolute Gasteiger partial charge is 0.332 e. The van der Waals surface area contributed by atoms with Gasteiger partial charge in [-0.2, -0.15) is 4.98 Å². The molecule has 158 valence electrons. The first-order valence-electron chi connectivity index (χ1n) is 10.4. The third kappa shape index (κ3) is 3.81. The summed E-state index contributed by atoms with van der Waals surface area (Å²) in [6.45, 7) is 4.94. The molecule has 2 aromatic rings. The Morgan fingerprint density at radius 1 is 1.10 bits per heavy atom. The van der Waals surface area contributed by atoms with E-state index >= 15 is 0 Å². The van der Waals surface area contributed by atoms with Gasteiger partial charge in [0.1, 0.15) is 6.54 Å². The number of nitrogens with one attached hydrogen (secondary N) is 2. The van der Waals surface area contributed by atoms with Crippen LogP contribution < -0.4 is 26.5 Å². The van der Waals surface area contributed by atoms with E-state index in [4.69, 9.17) is 9.72 Å². The van der Waals surface area contributed by atoms with E-state index in [2.05, 4.69) is 15.2 Å². The first kappa shape index (κ1) is 19.7. The molecule has 0 spiro atoms. The molecule has 0 saturated carbocycles. The summed E-state index contributed by atoms with van der Waals surface area (Å²) in [7, 11) is 3.17. The fraction of sp³-hybridized carbons (Fsp3) is 0.684. The predicted octanol–water partition coefficient (Wildman–Crippen LogP) is -2.09. The van der Waals surface area contributed by atoms with Crippen LogP contribution in [0.5, 0.6) is 0 Å². The number of fused-ring (bicyclic) bond motifs is 1. The van der Waals surface area contributed by atoms with Gasteiger partial charge in [-0.25, -0.2) is 4.79 Å². The Morgan fingerprint density at radius 3 is 2.69 bits per heavy atom. The Labute approximate surface area is 168 Å². The summed E-state index contributed by atoms with van der Waals surface area (Å²) in [5.74, 6) is 1.89. The number of imidazole rings is 1. The lowest BCUT2D eigenvalue weighted by Crippen LogP contribution is -2.75. The average Bonchev–Trinajstić information content (AvgIpc) is 2.92. The Bertz CT molecular complexity index is 1030. The molecule has 1 fully saturated rings. The van der Waals surface area contributed by atoms with Crippen LogP contribution in [0.15, 0.2) is 9.59 Å². The predicted molar refractivity (Wildman–Crippen MR) is 111 cm³/mol. The monoisotopic (exact) mass is 404 g/mol. The number of ether oxygens (including phenoxy) is 1. The van der Waals surface area contributed by atoms with Crippen LogP contribution in [0, 0.1) is 0 Å². The van der Waals surface area contributed by atoms with Crippen molar-refractivity contribution in [3.8, 4) is 0 Å². The first-order valence-corrected chi connectivity index (χ1v) is 10.4. The van der Waals surface area contributed by atoms with Crippen LogP contribution >= 0.6 is 0 Å². The number of morpholine rings is 1. The van der Waals surface area contributed by atoms with Crippen molar-refractivity contribution < 1.29 is 9.73 Å². The van der Waals surface area contributed by atoms with Crippen LogP contribution in [0.4, 0.5) is 5.95 Å². The van der Waals surface area contributed by atoms with E-state index in [1.54, 1.807) is 7.05 Å². The van der Waals surface area contributed by atoms with E-state index in [0.29, 0.717) is 50.6 Å². The quantitative estimate of drug-likeness (QED) is 0.606. The van der Waals surface area contributed by atoms with Crippen LogP contribution in [0.1, 0.15) is 25.7 Å². The lowest BCUT2D eigenvalue weighted by molar-refractivity contribution is -0.459. The van der Waals surface area contributed by atoms with Crippen molar-refractivity contribution in [2.45, 2.75) is 32.2 Å². The molecule has 29 heavy (non-hydrogen) atoms. The lowest BCUT2D eigenvalue weighted by Gasteiger charge is -2.28. The van der Waals surface area contributed by atoms with Gasteiger partial charge in [0, 0.05) is 33.6 Å². The summed E-state index contributed by atoms with van der Waals surface area (Å²) >= 11 is 0. The minimum atomic E-state index is -0.364. The number of aromatic nitrogens is 4. The number of aryl methyl sites for hydroxylation is 1. The average molecular weight is 404 g/mol. The van der Waals surface area contributed by atoms with Crippen LogP contribution in [0.3, 0.4) is 0 Å². The van der Waals surface area contributed by atoms with Crippen LogP contribution in [0.2, 0.25) is 0 Å². The molecule has 1 saturated heterocycles. The second-order valence-electron chi connectivity index (χ2n) is 7.68. The zero-order valence-corrected chi connectivity index (χ0v) is 17.2. The van der Waals surface area contributed by atoms with Crippen LogP contribution in [-0.2, 0) is 25.4 Å². The molecule has 0 atom stereocenters. The highest BCUT2D eigenvalue weighted by Crippen LogP contribution is 2.20. The van der Waals surface area contributed by atoms with Gasteiger partial charge in [-0.15, -0.1) is 0 Å². The molecule has 10 heteroatoms. The molecule has 10 nitrogen and oxygen atoms in total. The van der Waals surface area contributed by atoms with Gasteiger partial charge < -0.3 is 14.2 Å². The van der Waals surface area contributed by atoms with Gasteiger partial charge >= 0.3 is 5.69 Å². The summed E-state index contributed by atoms with van der Waals surface area (Å²) in [6, 6.07) is 0. The van der Waals surface area contributed by atoms with E-state index in [9.17, 15) is 9.59 Å². The topological polar surface area (TPSA) is 100 Å². The third-order valence-electron chi connectivity index (χ3n) is 5.74. The largest absolute Gasteiger partial charge is 0.378 e. The van der Waals surface area contributed by atoms with E-state index in [1.165, 1.54) is 36.7 Å². The molecule has 0 aliphatic carbocycles. The number of rotatable bonds is 4. The van der Waals surface area contributed by atoms with Gasteiger partial charge in [-0.05, 0) is 19.3 Å². The zero-order chi connectivity index (χ0) is 20.4. The second kappa shape index (κ2) is 8.40. The fourth-order valence-corrected chi connectivity index (χ4v) is 4.05. The standard InChI is InChI=1S/C19H29N7O3/c1-23-16-15(17(27)24(2)19(23)28)26(18(22-16)25-10-12-29-13-11-25)9-8-21-14-6-4-3-5-7-20-14/h3-13H2,1-2H3,(H,20,21)/p+1. The Kier molecular flexibility index (Phi) is 5.70. The molecule has 4 heterocycles. The van der Waals surface area contributed by atoms with Gasteiger partial charge in [-0.3, -0.25) is 24.2 Å². The molecule has 0 amide bonds. The molecule has 2 aliphatic heterocycles. The highest BCUT2D eigenvalue weighted by molar-refractivity contribution is 5.77. The lowest BCUT2D eigenvalue weighted by atomic mass is 10.2. The molecule has 2 aliphatic rings. The SMILES string of the molecule is Cn1c(=O)c2c(nc(N3CCOCC3)n2CCNC2=[NH+]CCCCC2)n(C)c1=O. The van der Waals surface area contributed by atoms with Crippen molar-refractivity contribution in [3.05, 3.63) is 20.8 Å².